The fourth-order valence-electron chi connectivity index (χ4n) is 4.77. The SMILES string of the molecule is CC1(C)C=C2C(=[N+]([O-])c3cc(-c4ccc(C(F)(F)F)cc4)ccc32)C(C)(C)C1. The maximum absolute atomic E-state index is 13.1. The number of nitrogens with zero attached hydrogens (tertiary/aromatic N) is 1. The second-order valence-corrected chi connectivity index (χ2v) is 9.06. The van der Waals surface area contributed by atoms with E-state index < -0.39 is 11.7 Å². The Labute approximate surface area is 162 Å². The van der Waals surface area contributed by atoms with Gasteiger partial charge in [0.1, 0.15) is 0 Å². The van der Waals surface area contributed by atoms with Crippen LogP contribution in [-0.2, 0) is 6.18 Å². The first-order valence-corrected chi connectivity index (χ1v) is 9.29. The van der Waals surface area contributed by atoms with E-state index in [9.17, 15) is 18.4 Å². The average molecular weight is 385 g/mol. The molecule has 0 fully saturated rings. The molecule has 1 aliphatic carbocycles. The summed E-state index contributed by atoms with van der Waals surface area (Å²) >= 11 is 0. The molecule has 0 saturated carbocycles. The molecule has 0 radical (unpaired) electrons. The van der Waals surface area contributed by atoms with Gasteiger partial charge in [-0.3, -0.25) is 0 Å². The summed E-state index contributed by atoms with van der Waals surface area (Å²) in [5.41, 5.74) is 3.61. The Morgan fingerprint density at radius 2 is 1.54 bits per heavy atom. The first-order valence-electron chi connectivity index (χ1n) is 9.29. The Morgan fingerprint density at radius 3 is 2.14 bits per heavy atom. The minimum Gasteiger partial charge on any atom is -0.618 e. The molecule has 28 heavy (non-hydrogen) atoms. The molecule has 0 amide bonds. The molecular weight excluding hydrogens is 363 g/mol. The third-order valence-electron chi connectivity index (χ3n) is 5.58. The van der Waals surface area contributed by atoms with Crippen molar-refractivity contribution >= 4 is 17.0 Å². The second-order valence-electron chi connectivity index (χ2n) is 9.06. The molecule has 2 aromatic carbocycles. The molecule has 146 valence electrons. The summed E-state index contributed by atoms with van der Waals surface area (Å²) in [6, 6.07) is 10.6. The van der Waals surface area contributed by atoms with Crippen LogP contribution in [0.15, 0.2) is 48.5 Å². The number of alkyl halides is 3. The molecule has 2 aromatic rings. The number of hydrogen-bond donors (Lipinski definition) is 0. The fourth-order valence-corrected chi connectivity index (χ4v) is 4.77. The molecule has 0 spiro atoms. The van der Waals surface area contributed by atoms with Crippen molar-refractivity contribution in [3.63, 3.8) is 0 Å². The van der Waals surface area contributed by atoms with E-state index in [2.05, 4.69) is 33.8 Å². The molecule has 0 aromatic heterocycles. The largest absolute Gasteiger partial charge is 0.618 e. The van der Waals surface area contributed by atoms with Gasteiger partial charge in [0.25, 0.3) is 0 Å². The van der Waals surface area contributed by atoms with E-state index in [-0.39, 0.29) is 10.8 Å². The van der Waals surface area contributed by atoms with Crippen molar-refractivity contribution in [3.05, 3.63) is 64.9 Å². The molecule has 1 aliphatic heterocycles. The predicted octanol–water partition coefficient (Wildman–Crippen LogP) is 6.81. The van der Waals surface area contributed by atoms with Crippen LogP contribution in [0.4, 0.5) is 18.9 Å². The Bertz CT molecular complexity index is 1020. The predicted molar refractivity (Wildman–Crippen MR) is 105 cm³/mol. The zero-order valence-electron chi connectivity index (χ0n) is 16.3. The van der Waals surface area contributed by atoms with Gasteiger partial charge in [0, 0.05) is 6.07 Å². The fraction of sp³-hybridized carbons (Fsp3) is 0.348. The number of rotatable bonds is 1. The number of fused-ring (bicyclic) bond motifs is 3. The Morgan fingerprint density at radius 1 is 0.929 bits per heavy atom. The summed E-state index contributed by atoms with van der Waals surface area (Å²) in [5, 5.41) is 13.1. The van der Waals surface area contributed by atoms with Crippen LogP contribution in [0, 0.1) is 16.0 Å². The normalized spacial score (nSPS) is 19.9. The summed E-state index contributed by atoms with van der Waals surface area (Å²) < 4.78 is 39.4. The van der Waals surface area contributed by atoms with Gasteiger partial charge < -0.3 is 5.21 Å². The zero-order chi connectivity index (χ0) is 20.5. The van der Waals surface area contributed by atoms with E-state index in [0.717, 1.165) is 45.7 Å². The van der Waals surface area contributed by atoms with Crippen LogP contribution in [0.2, 0.25) is 0 Å². The Kier molecular flexibility index (Phi) is 3.84. The minimum absolute atomic E-state index is 0.0170. The topological polar surface area (TPSA) is 26.1 Å². The van der Waals surface area contributed by atoms with E-state index >= 15 is 0 Å². The second kappa shape index (κ2) is 5.72. The molecule has 0 saturated heterocycles. The molecule has 5 heteroatoms. The Balaban J connectivity index is 1.81. The molecule has 4 rings (SSSR count). The lowest BCUT2D eigenvalue weighted by atomic mass is 9.65. The average Bonchev–Trinajstić information content (AvgIpc) is 2.85. The van der Waals surface area contributed by atoms with Gasteiger partial charge in [-0.05, 0) is 55.0 Å². The number of halogens is 3. The van der Waals surface area contributed by atoms with E-state index in [4.69, 9.17) is 0 Å². The van der Waals surface area contributed by atoms with Crippen LogP contribution in [0.3, 0.4) is 0 Å². The lowest BCUT2D eigenvalue weighted by Gasteiger charge is -2.36. The highest BCUT2D eigenvalue weighted by Gasteiger charge is 2.48. The quantitative estimate of drug-likeness (QED) is 0.391. The highest BCUT2D eigenvalue weighted by molar-refractivity contribution is 6.28. The van der Waals surface area contributed by atoms with Crippen molar-refractivity contribution in [2.45, 2.75) is 40.3 Å². The third kappa shape index (κ3) is 2.93. The van der Waals surface area contributed by atoms with Crippen LogP contribution in [0.25, 0.3) is 16.7 Å². The smallest absolute Gasteiger partial charge is 0.416 e. The van der Waals surface area contributed by atoms with E-state index in [1.165, 1.54) is 12.1 Å². The van der Waals surface area contributed by atoms with Crippen molar-refractivity contribution in [3.8, 4) is 11.1 Å². The van der Waals surface area contributed by atoms with Crippen LogP contribution in [0.1, 0.15) is 45.2 Å². The van der Waals surface area contributed by atoms with Gasteiger partial charge in [-0.15, -0.1) is 0 Å². The van der Waals surface area contributed by atoms with Crippen LogP contribution < -0.4 is 0 Å². The summed E-state index contributed by atoms with van der Waals surface area (Å²) in [4.78, 5) is 0. The first kappa shape index (κ1) is 18.8. The maximum Gasteiger partial charge on any atom is 0.416 e. The summed E-state index contributed by atoms with van der Waals surface area (Å²) in [7, 11) is 0. The lowest BCUT2D eigenvalue weighted by molar-refractivity contribution is -0.361. The monoisotopic (exact) mass is 385 g/mol. The molecular formula is C23H22F3NO. The van der Waals surface area contributed by atoms with Crippen molar-refractivity contribution in [1.82, 2.24) is 0 Å². The first-order chi connectivity index (χ1) is 12.9. The molecule has 0 unspecified atom stereocenters. The zero-order valence-corrected chi connectivity index (χ0v) is 16.3. The van der Waals surface area contributed by atoms with E-state index in [0.29, 0.717) is 11.3 Å². The third-order valence-corrected chi connectivity index (χ3v) is 5.58. The Hall–Kier alpha value is -2.56. The van der Waals surface area contributed by atoms with Crippen molar-refractivity contribution in [1.29, 1.82) is 0 Å². The van der Waals surface area contributed by atoms with Gasteiger partial charge >= 0.3 is 6.18 Å². The standard InChI is InChI=1S/C23H22F3NO/c1-21(2)12-18-17-10-7-15(14-5-8-16(9-6-14)23(24,25)26)11-19(17)27(28)20(18)22(3,4)13-21/h5-12H,13H2,1-4H3. The molecule has 0 atom stereocenters. The molecule has 2 aliphatic rings. The van der Waals surface area contributed by atoms with Gasteiger partial charge in [0.05, 0.1) is 22.1 Å². The molecule has 0 N–H and O–H groups in total. The van der Waals surface area contributed by atoms with Crippen LogP contribution >= 0.6 is 0 Å². The highest BCUT2D eigenvalue weighted by atomic mass is 19.4. The number of benzene rings is 2. The summed E-state index contributed by atoms with van der Waals surface area (Å²) in [6.45, 7) is 8.51. The maximum atomic E-state index is 13.1. The summed E-state index contributed by atoms with van der Waals surface area (Å²) in [5.74, 6) is 0. The van der Waals surface area contributed by atoms with Crippen molar-refractivity contribution < 1.29 is 17.9 Å². The van der Waals surface area contributed by atoms with E-state index in [1.807, 2.05) is 12.1 Å². The van der Waals surface area contributed by atoms with Crippen molar-refractivity contribution in [2.75, 3.05) is 0 Å². The molecule has 1 heterocycles. The van der Waals surface area contributed by atoms with Crippen molar-refractivity contribution in [2.24, 2.45) is 10.8 Å². The van der Waals surface area contributed by atoms with Crippen LogP contribution in [-0.4, -0.2) is 10.5 Å². The van der Waals surface area contributed by atoms with Gasteiger partial charge in [-0.2, -0.15) is 17.9 Å². The van der Waals surface area contributed by atoms with Gasteiger partial charge in [0.15, 0.2) is 0 Å². The molecule has 0 bridgehead atoms. The molecule has 2 nitrogen and oxygen atoms in total. The van der Waals surface area contributed by atoms with Gasteiger partial charge in [-0.25, -0.2) is 0 Å². The van der Waals surface area contributed by atoms with E-state index in [1.54, 1.807) is 6.07 Å². The summed E-state index contributed by atoms with van der Waals surface area (Å²) in [6.07, 6.45) is -1.32. The number of hydrogen-bond acceptors (Lipinski definition) is 1. The minimum atomic E-state index is -4.36. The highest BCUT2D eigenvalue weighted by Crippen LogP contribution is 2.51. The van der Waals surface area contributed by atoms with Crippen LogP contribution in [0.5, 0.6) is 0 Å². The number of allylic oxidation sites excluding steroid dienone is 2. The lowest BCUT2D eigenvalue weighted by Crippen LogP contribution is -2.36. The van der Waals surface area contributed by atoms with Gasteiger partial charge in [-0.1, -0.05) is 38.1 Å². The van der Waals surface area contributed by atoms with Gasteiger partial charge in [0.2, 0.25) is 11.4 Å².